The van der Waals surface area contributed by atoms with Crippen molar-refractivity contribution in [2.75, 3.05) is 6.54 Å². The molecule has 2 amide bonds. The van der Waals surface area contributed by atoms with Gasteiger partial charge in [-0.3, -0.25) is 9.48 Å². The lowest BCUT2D eigenvalue weighted by Gasteiger charge is -2.18. The maximum atomic E-state index is 12.3. The second-order valence-corrected chi connectivity index (χ2v) is 6.07. The second-order valence-electron chi connectivity index (χ2n) is 6.07. The number of urea groups is 1. The summed E-state index contributed by atoms with van der Waals surface area (Å²) in [6.45, 7) is 1.21. The van der Waals surface area contributed by atoms with E-state index in [-0.39, 0.29) is 12.6 Å². The van der Waals surface area contributed by atoms with Crippen LogP contribution in [0.15, 0.2) is 36.7 Å². The van der Waals surface area contributed by atoms with Crippen LogP contribution in [-0.4, -0.2) is 38.3 Å². The van der Waals surface area contributed by atoms with Crippen LogP contribution in [0.5, 0.6) is 0 Å². The van der Waals surface area contributed by atoms with Crippen molar-refractivity contribution < 1.29 is 14.7 Å². The number of aryl methyl sites for hydroxylation is 1. The SMILES string of the molecule is Cn1cc(CC(CNC(=O)N2Cc3ccccc3C2)C(=O)O)cn1. The summed E-state index contributed by atoms with van der Waals surface area (Å²) in [5.74, 6) is -1.60. The molecule has 126 valence electrons. The smallest absolute Gasteiger partial charge is 0.318 e. The number of carbonyl (C=O) groups is 2. The Morgan fingerprint density at radius 3 is 2.50 bits per heavy atom. The van der Waals surface area contributed by atoms with Crippen LogP contribution in [0.4, 0.5) is 4.79 Å². The number of fused-ring (bicyclic) bond motifs is 1. The van der Waals surface area contributed by atoms with Crippen LogP contribution in [0.2, 0.25) is 0 Å². The van der Waals surface area contributed by atoms with Gasteiger partial charge in [0.2, 0.25) is 0 Å². The molecule has 2 heterocycles. The molecule has 0 radical (unpaired) electrons. The number of carboxylic acid groups (broad SMARTS) is 1. The predicted octanol–water partition coefficient (Wildman–Crippen LogP) is 1.39. The van der Waals surface area contributed by atoms with Gasteiger partial charge in [0.1, 0.15) is 0 Å². The van der Waals surface area contributed by atoms with Gasteiger partial charge in [0, 0.05) is 32.9 Å². The number of carbonyl (C=O) groups excluding carboxylic acids is 1. The molecule has 1 aromatic carbocycles. The minimum Gasteiger partial charge on any atom is -0.481 e. The van der Waals surface area contributed by atoms with Crippen LogP contribution < -0.4 is 5.32 Å². The third kappa shape index (κ3) is 3.56. The molecule has 0 saturated heterocycles. The van der Waals surface area contributed by atoms with E-state index in [0.29, 0.717) is 19.5 Å². The van der Waals surface area contributed by atoms with Gasteiger partial charge in [-0.25, -0.2) is 4.79 Å². The second kappa shape index (κ2) is 6.74. The van der Waals surface area contributed by atoms with Crippen LogP contribution in [0.25, 0.3) is 0 Å². The standard InChI is InChI=1S/C17H20N4O3/c1-20-9-12(7-19-20)6-15(16(22)23)8-18-17(24)21-10-13-4-2-3-5-14(13)11-21/h2-5,7,9,15H,6,8,10-11H2,1H3,(H,18,24)(H,22,23). The molecule has 2 N–H and O–H groups in total. The molecule has 1 aromatic heterocycles. The van der Waals surface area contributed by atoms with Gasteiger partial charge in [-0.2, -0.15) is 5.10 Å². The monoisotopic (exact) mass is 328 g/mol. The molecule has 1 atom stereocenters. The summed E-state index contributed by atoms with van der Waals surface area (Å²) in [6.07, 6.45) is 3.77. The van der Waals surface area contributed by atoms with Crippen molar-refractivity contribution in [3.63, 3.8) is 0 Å². The Hall–Kier alpha value is -2.83. The molecule has 0 aliphatic carbocycles. The molecule has 24 heavy (non-hydrogen) atoms. The molecule has 0 spiro atoms. The van der Waals surface area contributed by atoms with Crippen LogP contribution in [0, 0.1) is 5.92 Å². The van der Waals surface area contributed by atoms with Crippen LogP contribution in [0.1, 0.15) is 16.7 Å². The molecule has 3 rings (SSSR count). The van der Waals surface area contributed by atoms with Gasteiger partial charge >= 0.3 is 12.0 Å². The highest BCUT2D eigenvalue weighted by atomic mass is 16.4. The molecule has 7 heteroatoms. The van der Waals surface area contributed by atoms with Gasteiger partial charge in [0.25, 0.3) is 0 Å². The normalized spacial score (nSPS) is 14.3. The fraction of sp³-hybridized carbons (Fsp3) is 0.353. The summed E-state index contributed by atoms with van der Waals surface area (Å²) in [5, 5.41) is 16.2. The van der Waals surface area contributed by atoms with Gasteiger partial charge < -0.3 is 15.3 Å². The number of benzene rings is 1. The van der Waals surface area contributed by atoms with E-state index in [2.05, 4.69) is 10.4 Å². The van der Waals surface area contributed by atoms with Crippen molar-refractivity contribution in [3.05, 3.63) is 53.3 Å². The molecule has 1 unspecified atom stereocenters. The summed E-state index contributed by atoms with van der Waals surface area (Å²) in [7, 11) is 1.78. The minimum absolute atomic E-state index is 0.0932. The van der Waals surface area contributed by atoms with Crippen molar-refractivity contribution in [1.82, 2.24) is 20.0 Å². The van der Waals surface area contributed by atoms with E-state index < -0.39 is 11.9 Å². The number of nitrogens with one attached hydrogen (secondary N) is 1. The van der Waals surface area contributed by atoms with Gasteiger partial charge in [0.05, 0.1) is 12.1 Å². The Balaban J connectivity index is 1.55. The van der Waals surface area contributed by atoms with E-state index in [1.54, 1.807) is 29.0 Å². The van der Waals surface area contributed by atoms with Crippen molar-refractivity contribution in [1.29, 1.82) is 0 Å². The van der Waals surface area contributed by atoms with E-state index in [1.165, 1.54) is 0 Å². The van der Waals surface area contributed by atoms with Crippen LogP contribution in [-0.2, 0) is 31.4 Å². The maximum Gasteiger partial charge on any atom is 0.318 e. The maximum absolute atomic E-state index is 12.3. The molecule has 0 saturated carbocycles. The zero-order valence-corrected chi connectivity index (χ0v) is 13.5. The minimum atomic E-state index is -0.927. The molecule has 1 aliphatic rings. The molecule has 0 bridgehead atoms. The fourth-order valence-corrected chi connectivity index (χ4v) is 2.91. The zero-order valence-electron chi connectivity index (χ0n) is 13.5. The average Bonchev–Trinajstić information content (AvgIpc) is 3.16. The van der Waals surface area contributed by atoms with Crippen molar-refractivity contribution in [2.45, 2.75) is 19.5 Å². The first-order chi connectivity index (χ1) is 11.5. The van der Waals surface area contributed by atoms with Gasteiger partial charge in [-0.05, 0) is 23.1 Å². The van der Waals surface area contributed by atoms with Gasteiger partial charge in [-0.1, -0.05) is 24.3 Å². The predicted molar refractivity (Wildman–Crippen MR) is 87.1 cm³/mol. The number of rotatable bonds is 5. The number of hydrogen-bond donors (Lipinski definition) is 2. The van der Waals surface area contributed by atoms with Crippen molar-refractivity contribution in [3.8, 4) is 0 Å². The van der Waals surface area contributed by atoms with E-state index >= 15 is 0 Å². The summed E-state index contributed by atoms with van der Waals surface area (Å²) >= 11 is 0. The van der Waals surface area contributed by atoms with Crippen molar-refractivity contribution in [2.24, 2.45) is 13.0 Å². The molecular formula is C17H20N4O3. The number of hydrogen-bond acceptors (Lipinski definition) is 3. The lowest BCUT2D eigenvalue weighted by Crippen LogP contribution is -2.41. The molecular weight excluding hydrogens is 308 g/mol. The quantitative estimate of drug-likeness (QED) is 0.868. The van der Waals surface area contributed by atoms with Crippen LogP contribution in [0.3, 0.4) is 0 Å². The number of aliphatic carboxylic acids is 1. The highest BCUT2D eigenvalue weighted by Gasteiger charge is 2.25. The first-order valence-electron chi connectivity index (χ1n) is 7.83. The number of nitrogens with zero attached hydrogens (tertiary/aromatic N) is 3. The first-order valence-corrected chi connectivity index (χ1v) is 7.83. The average molecular weight is 328 g/mol. The van der Waals surface area contributed by atoms with E-state index in [4.69, 9.17) is 0 Å². The molecule has 2 aromatic rings. The van der Waals surface area contributed by atoms with Gasteiger partial charge in [-0.15, -0.1) is 0 Å². The van der Waals surface area contributed by atoms with Gasteiger partial charge in [0.15, 0.2) is 0 Å². The number of carboxylic acids is 1. The van der Waals surface area contributed by atoms with E-state index in [9.17, 15) is 14.7 Å². The summed E-state index contributed by atoms with van der Waals surface area (Å²) < 4.78 is 1.63. The Bertz CT molecular complexity index is 731. The Labute approximate surface area is 139 Å². The van der Waals surface area contributed by atoms with Crippen molar-refractivity contribution >= 4 is 12.0 Å². The highest BCUT2D eigenvalue weighted by molar-refractivity contribution is 5.76. The van der Waals surface area contributed by atoms with E-state index in [0.717, 1.165) is 16.7 Å². The summed E-state index contributed by atoms with van der Waals surface area (Å²) in [6, 6.07) is 7.68. The fourth-order valence-electron chi connectivity index (χ4n) is 2.91. The third-order valence-corrected chi connectivity index (χ3v) is 4.22. The zero-order chi connectivity index (χ0) is 17.1. The number of amides is 2. The third-order valence-electron chi connectivity index (χ3n) is 4.22. The highest BCUT2D eigenvalue weighted by Crippen LogP contribution is 2.22. The van der Waals surface area contributed by atoms with Crippen LogP contribution >= 0.6 is 0 Å². The largest absolute Gasteiger partial charge is 0.481 e. The molecule has 7 nitrogen and oxygen atoms in total. The number of aromatic nitrogens is 2. The Morgan fingerprint density at radius 1 is 1.29 bits per heavy atom. The summed E-state index contributed by atoms with van der Waals surface area (Å²) in [5.41, 5.74) is 3.11. The first kappa shape index (κ1) is 16.0. The lowest BCUT2D eigenvalue weighted by molar-refractivity contribution is -0.141. The van der Waals surface area contributed by atoms with E-state index in [1.807, 2.05) is 24.3 Å². The Kier molecular flexibility index (Phi) is 4.50. The molecule has 1 aliphatic heterocycles. The molecule has 0 fully saturated rings. The summed E-state index contributed by atoms with van der Waals surface area (Å²) in [4.78, 5) is 25.4. The lowest BCUT2D eigenvalue weighted by atomic mass is 10.0. The Morgan fingerprint density at radius 2 is 1.96 bits per heavy atom. The topological polar surface area (TPSA) is 87.5 Å².